The lowest BCUT2D eigenvalue weighted by Crippen LogP contribution is -2.34. The van der Waals surface area contributed by atoms with E-state index in [1.54, 1.807) is 19.2 Å². The van der Waals surface area contributed by atoms with Crippen molar-refractivity contribution in [1.29, 1.82) is 0 Å². The van der Waals surface area contributed by atoms with Crippen LogP contribution in [-0.2, 0) is 24.5 Å². The zero-order valence-corrected chi connectivity index (χ0v) is 15.9. The lowest BCUT2D eigenvalue weighted by molar-refractivity contribution is -0.127. The molecule has 0 radical (unpaired) electrons. The maximum Gasteiger partial charge on any atom is 0.297 e. The van der Waals surface area contributed by atoms with Gasteiger partial charge in [0.25, 0.3) is 10.1 Å². The summed E-state index contributed by atoms with van der Waals surface area (Å²) in [6.45, 7) is 3.70. The van der Waals surface area contributed by atoms with Gasteiger partial charge in [-0.05, 0) is 56.5 Å². The summed E-state index contributed by atoms with van der Waals surface area (Å²) in [5, 5.41) is 0. The van der Waals surface area contributed by atoms with E-state index < -0.39 is 21.6 Å². The highest BCUT2D eigenvalue weighted by atomic mass is 32.2. The highest BCUT2D eigenvalue weighted by molar-refractivity contribution is 7.86. The predicted molar refractivity (Wildman–Crippen MR) is 97.8 cm³/mol. The number of methoxy groups -OCH3 is 1. The number of Topliss-reactive ketones (excluding diaryl/α,β-unsaturated/α-hetero) is 1. The molecule has 0 N–H and O–H groups in total. The average molecular weight is 374 g/mol. The molecule has 0 bridgehead atoms. The van der Waals surface area contributed by atoms with E-state index >= 15 is 0 Å². The SMILES string of the molecule is COc1cccc([C@@]2(C)CC[C@@H](OS(=O)(=O)c3ccc(C)cc3)C2=O)c1. The molecule has 0 aliphatic heterocycles. The van der Waals surface area contributed by atoms with E-state index in [0.29, 0.717) is 18.6 Å². The first-order valence-electron chi connectivity index (χ1n) is 8.45. The number of carbonyl (C=O) groups is 1. The van der Waals surface area contributed by atoms with E-state index in [4.69, 9.17) is 8.92 Å². The fourth-order valence-electron chi connectivity index (χ4n) is 3.29. The summed E-state index contributed by atoms with van der Waals surface area (Å²) in [4.78, 5) is 13.0. The van der Waals surface area contributed by atoms with Gasteiger partial charge in [0, 0.05) is 0 Å². The molecule has 2 aromatic rings. The monoisotopic (exact) mass is 374 g/mol. The third-order valence-corrected chi connectivity index (χ3v) is 6.34. The van der Waals surface area contributed by atoms with Crippen LogP contribution >= 0.6 is 0 Å². The van der Waals surface area contributed by atoms with Crippen LogP contribution in [0.15, 0.2) is 53.4 Å². The highest BCUT2D eigenvalue weighted by Gasteiger charge is 2.47. The Balaban J connectivity index is 1.83. The zero-order chi connectivity index (χ0) is 18.9. The number of aryl methyl sites for hydroxylation is 1. The van der Waals surface area contributed by atoms with Gasteiger partial charge in [-0.25, -0.2) is 0 Å². The van der Waals surface area contributed by atoms with Gasteiger partial charge in [-0.3, -0.25) is 8.98 Å². The van der Waals surface area contributed by atoms with Crippen molar-refractivity contribution in [3.63, 3.8) is 0 Å². The van der Waals surface area contributed by atoms with Gasteiger partial charge in [-0.2, -0.15) is 8.42 Å². The Morgan fingerprint density at radius 1 is 1.12 bits per heavy atom. The molecule has 0 unspecified atom stereocenters. The first-order chi connectivity index (χ1) is 12.3. The molecule has 2 aromatic carbocycles. The van der Waals surface area contributed by atoms with Gasteiger partial charge in [-0.15, -0.1) is 0 Å². The number of ketones is 1. The molecule has 0 saturated heterocycles. The smallest absolute Gasteiger partial charge is 0.297 e. The normalized spacial score (nSPS) is 23.2. The van der Waals surface area contributed by atoms with Crippen LogP contribution in [0.3, 0.4) is 0 Å². The molecule has 1 saturated carbocycles. The fourth-order valence-corrected chi connectivity index (χ4v) is 4.36. The third kappa shape index (κ3) is 3.39. The summed E-state index contributed by atoms with van der Waals surface area (Å²) in [5.41, 5.74) is 0.967. The van der Waals surface area contributed by atoms with Crippen molar-refractivity contribution in [2.75, 3.05) is 7.11 Å². The van der Waals surface area contributed by atoms with Crippen molar-refractivity contribution in [1.82, 2.24) is 0 Å². The van der Waals surface area contributed by atoms with Crippen molar-refractivity contribution >= 4 is 15.9 Å². The molecule has 0 heterocycles. The van der Waals surface area contributed by atoms with Crippen LogP contribution < -0.4 is 4.74 Å². The minimum Gasteiger partial charge on any atom is -0.497 e. The van der Waals surface area contributed by atoms with Crippen LogP contribution in [0.2, 0.25) is 0 Å². The molecule has 138 valence electrons. The number of rotatable bonds is 5. The lowest BCUT2D eigenvalue weighted by atomic mass is 9.80. The molecule has 2 atom stereocenters. The molecule has 26 heavy (non-hydrogen) atoms. The third-order valence-electron chi connectivity index (χ3n) is 5.00. The molecule has 1 aliphatic carbocycles. The number of hydrogen-bond donors (Lipinski definition) is 0. The average Bonchev–Trinajstić information content (AvgIpc) is 2.91. The van der Waals surface area contributed by atoms with Crippen LogP contribution in [0.25, 0.3) is 0 Å². The van der Waals surface area contributed by atoms with Crippen molar-refractivity contribution in [3.8, 4) is 5.75 Å². The minimum absolute atomic E-state index is 0.0610. The van der Waals surface area contributed by atoms with E-state index in [9.17, 15) is 13.2 Å². The fraction of sp³-hybridized carbons (Fsp3) is 0.350. The summed E-state index contributed by atoms with van der Waals surface area (Å²) in [7, 11) is -2.42. The second kappa shape index (κ2) is 6.85. The molecule has 5 nitrogen and oxygen atoms in total. The number of hydrogen-bond acceptors (Lipinski definition) is 5. The summed E-state index contributed by atoms with van der Waals surface area (Å²) >= 11 is 0. The van der Waals surface area contributed by atoms with E-state index in [1.807, 2.05) is 38.1 Å². The Morgan fingerprint density at radius 3 is 2.46 bits per heavy atom. The van der Waals surface area contributed by atoms with Gasteiger partial charge in [0.15, 0.2) is 5.78 Å². The predicted octanol–water partition coefficient (Wildman–Crippen LogP) is 3.40. The van der Waals surface area contributed by atoms with Crippen molar-refractivity contribution in [2.45, 2.75) is 43.1 Å². The molecule has 6 heteroatoms. The Bertz CT molecular complexity index is 917. The summed E-state index contributed by atoms with van der Waals surface area (Å²) in [5.74, 6) is 0.439. The topological polar surface area (TPSA) is 69.7 Å². The molecule has 0 aromatic heterocycles. The van der Waals surface area contributed by atoms with Gasteiger partial charge in [-0.1, -0.05) is 29.8 Å². The van der Waals surface area contributed by atoms with Gasteiger partial charge in [0.05, 0.1) is 17.4 Å². The van der Waals surface area contributed by atoms with Gasteiger partial charge < -0.3 is 4.74 Å². The van der Waals surface area contributed by atoms with Crippen LogP contribution in [-0.4, -0.2) is 27.4 Å². The van der Waals surface area contributed by atoms with Gasteiger partial charge in [0.2, 0.25) is 0 Å². The number of carbonyl (C=O) groups excluding carboxylic acids is 1. The van der Waals surface area contributed by atoms with E-state index in [0.717, 1.165) is 11.1 Å². The Labute approximate surface area is 154 Å². The first-order valence-corrected chi connectivity index (χ1v) is 9.86. The number of benzene rings is 2. The Kier molecular flexibility index (Phi) is 4.90. The Morgan fingerprint density at radius 2 is 1.81 bits per heavy atom. The summed E-state index contributed by atoms with van der Waals surface area (Å²) in [6.07, 6.45) is -0.0949. The molecule has 0 amide bonds. The van der Waals surface area contributed by atoms with E-state index in [-0.39, 0.29) is 10.7 Å². The quantitative estimate of drug-likeness (QED) is 0.750. The molecule has 0 spiro atoms. The first kappa shape index (κ1) is 18.6. The lowest BCUT2D eigenvalue weighted by Gasteiger charge is -2.23. The second-order valence-electron chi connectivity index (χ2n) is 6.82. The largest absolute Gasteiger partial charge is 0.497 e. The van der Waals surface area contributed by atoms with Crippen molar-refractivity contribution < 1.29 is 22.1 Å². The highest BCUT2D eigenvalue weighted by Crippen LogP contribution is 2.41. The van der Waals surface area contributed by atoms with E-state index in [2.05, 4.69) is 0 Å². The van der Waals surface area contributed by atoms with Crippen LogP contribution in [0.4, 0.5) is 0 Å². The van der Waals surface area contributed by atoms with Crippen LogP contribution in [0, 0.1) is 6.92 Å². The zero-order valence-electron chi connectivity index (χ0n) is 15.1. The van der Waals surface area contributed by atoms with Crippen LogP contribution in [0.5, 0.6) is 5.75 Å². The van der Waals surface area contributed by atoms with Crippen LogP contribution in [0.1, 0.15) is 30.9 Å². The van der Waals surface area contributed by atoms with Gasteiger partial charge in [0.1, 0.15) is 11.9 Å². The van der Waals surface area contributed by atoms with Gasteiger partial charge >= 0.3 is 0 Å². The summed E-state index contributed by atoms with van der Waals surface area (Å²) in [6, 6.07) is 13.7. The number of ether oxygens (including phenoxy) is 1. The molecule has 1 aliphatic rings. The van der Waals surface area contributed by atoms with E-state index in [1.165, 1.54) is 12.1 Å². The standard InChI is InChI=1S/C20H22O5S/c1-14-7-9-17(10-8-14)26(22,23)25-18-11-12-20(2,19(18)21)15-5-4-6-16(13-15)24-3/h4-10,13,18H,11-12H2,1-3H3/t18-,20-/m1/s1. The Hall–Kier alpha value is -2.18. The molecular formula is C20H22O5S. The maximum absolute atomic E-state index is 13.0. The molecular weight excluding hydrogens is 352 g/mol. The summed E-state index contributed by atoms with van der Waals surface area (Å²) < 4.78 is 35.5. The minimum atomic E-state index is -3.98. The maximum atomic E-state index is 13.0. The van der Waals surface area contributed by atoms with Crippen molar-refractivity contribution in [3.05, 3.63) is 59.7 Å². The molecule has 1 fully saturated rings. The molecule has 3 rings (SSSR count). The second-order valence-corrected chi connectivity index (χ2v) is 8.39. The van der Waals surface area contributed by atoms with Crippen molar-refractivity contribution in [2.24, 2.45) is 0 Å².